The molecule has 0 spiro atoms. The highest BCUT2D eigenvalue weighted by molar-refractivity contribution is 9.10. The van der Waals surface area contributed by atoms with Crippen molar-refractivity contribution >= 4 is 21.9 Å². The molecule has 2 heterocycles. The largest absolute Gasteiger partial charge is 0.377 e. The summed E-state index contributed by atoms with van der Waals surface area (Å²) < 4.78 is 6.52. The quantitative estimate of drug-likeness (QED) is 0.379. The minimum Gasteiger partial charge on any atom is -0.377 e. The van der Waals surface area contributed by atoms with E-state index >= 15 is 0 Å². The molecule has 0 aliphatic carbocycles. The number of nitrogens with zero attached hydrogens (tertiary/aromatic N) is 2. The van der Waals surface area contributed by atoms with Crippen LogP contribution in [-0.4, -0.2) is 56.3 Å². The number of hydrogen-bond donors (Lipinski definition) is 2. The number of piperidine rings is 1. The Hall–Kier alpha value is -1.37. The first-order valence-electron chi connectivity index (χ1n) is 10.5. The average molecular weight is 449 g/mol. The number of guanidine groups is 1. The number of nitrogens with one attached hydrogen (secondary N) is 2. The topological polar surface area (TPSA) is 48.9 Å². The molecular formula is C22H33BrN4O. The standard InChI is InChI=1S/C22H33BrN4O/c1-2-24-22(25-12-7-18-10-15-28-16-11-18)26-21-8-13-27(14-9-21)17-19-3-5-20(23)6-4-19/h3-6,10,21H,2,7-9,11-17H2,1H3,(H2,24,25,26). The summed E-state index contributed by atoms with van der Waals surface area (Å²) in [4.78, 5) is 7.34. The lowest BCUT2D eigenvalue weighted by Gasteiger charge is -2.33. The van der Waals surface area contributed by atoms with Gasteiger partial charge in [-0.3, -0.25) is 9.89 Å². The second-order valence-electron chi connectivity index (χ2n) is 7.52. The van der Waals surface area contributed by atoms with E-state index in [9.17, 15) is 0 Å². The molecule has 3 rings (SSSR count). The molecule has 0 unspecified atom stereocenters. The molecular weight excluding hydrogens is 416 g/mol. The summed E-state index contributed by atoms with van der Waals surface area (Å²) in [6, 6.07) is 9.16. The molecule has 1 aromatic rings. The highest BCUT2D eigenvalue weighted by atomic mass is 79.9. The predicted octanol–water partition coefficient (Wildman–Crippen LogP) is 3.71. The van der Waals surface area contributed by atoms with Crippen molar-refractivity contribution in [2.45, 2.75) is 45.2 Å². The molecule has 0 amide bonds. The number of aliphatic imine (C=N–C) groups is 1. The zero-order valence-electron chi connectivity index (χ0n) is 16.9. The Morgan fingerprint density at radius 1 is 1.25 bits per heavy atom. The second kappa shape index (κ2) is 11.6. The van der Waals surface area contributed by atoms with Gasteiger partial charge < -0.3 is 15.4 Å². The van der Waals surface area contributed by atoms with Crippen molar-refractivity contribution in [3.8, 4) is 0 Å². The lowest BCUT2D eigenvalue weighted by molar-refractivity contribution is 0.153. The summed E-state index contributed by atoms with van der Waals surface area (Å²) >= 11 is 3.51. The molecule has 2 aliphatic heterocycles. The minimum absolute atomic E-state index is 0.501. The van der Waals surface area contributed by atoms with E-state index < -0.39 is 0 Å². The Kier molecular flexibility index (Phi) is 8.83. The summed E-state index contributed by atoms with van der Waals surface area (Å²) in [6.45, 7) is 8.75. The Labute approximate surface area is 177 Å². The first-order chi connectivity index (χ1) is 13.7. The zero-order chi connectivity index (χ0) is 19.6. The number of rotatable bonds is 7. The van der Waals surface area contributed by atoms with E-state index in [1.54, 1.807) is 0 Å². The van der Waals surface area contributed by atoms with E-state index in [0.717, 1.165) is 82.1 Å². The van der Waals surface area contributed by atoms with E-state index in [-0.39, 0.29) is 0 Å². The summed E-state index contributed by atoms with van der Waals surface area (Å²) in [5.41, 5.74) is 2.86. The van der Waals surface area contributed by atoms with E-state index in [1.165, 1.54) is 11.1 Å². The fraction of sp³-hybridized carbons (Fsp3) is 0.591. The Bertz CT molecular complexity index is 651. The Morgan fingerprint density at radius 2 is 2.04 bits per heavy atom. The van der Waals surface area contributed by atoms with Crippen molar-refractivity contribution in [1.29, 1.82) is 0 Å². The Balaban J connectivity index is 1.42. The van der Waals surface area contributed by atoms with Crippen molar-refractivity contribution < 1.29 is 4.74 Å². The first-order valence-corrected chi connectivity index (χ1v) is 11.3. The van der Waals surface area contributed by atoms with Gasteiger partial charge in [-0.05, 0) is 50.3 Å². The third kappa shape index (κ3) is 7.22. The van der Waals surface area contributed by atoms with E-state index in [0.29, 0.717) is 6.04 Å². The normalized spacial score (nSPS) is 19.4. The van der Waals surface area contributed by atoms with Crippen LogP contribution in [0, 0.1) is 0 Å². The lowest BCUT2D eigenvalue weighted by Crippen LogP contribution is -2.48. The minimum atomic E-state index is 0.501. The molecule has 6 heteroatoms. The van der Waals surface area contributed by atoms with Crippen LogP contribution in [0.2, 0.25) is 0 Å². The van der Waals surface area contributed by atoms with Gasteiger partial charge in [0.1, 0.15) is 0 Å². The molecule has 0 radical (unpaired) electrons. The van der Waals surface area contributed by atoms with Gasteiger partial charge in [-0.2, -0.15) is 0 Å². The van der Waals surface area contributed by atoms with Gasteiger partial charge in [0.15, 0.2) is 5.96 Å². The maximum absolute atomic E-state index is 5.37. The molecule has 1 aromatic carbocycles. The van der Waals surface area contributed by atoms with E-state index in [4.69, 9.17) is 9.73 Å². The van der Waals surface area contributed by atoms with Gasteiger partial charge in [-0.1, -0.05) is 39.7 Å². The van der Waals surface area contributed by atoms with E-state index in [2.05, 4.69) is 68.7 Å². The number of likely N-dealkylation sites (tertiary alicyclic amines) is 1. The van der Waals surface area contributed by atoms with Gasteiger partial charge in [0.05, 0.1) is 13.2 Å². The fourth-order valence-corrected chi connectivity index (χ4v) is 3.96. The summed E-state index contributed by atoms with van der Waals surface area (Å²) in [5.74, 6) is 0.960. The number of benzene rings is 1. The third-order valence-electron chi connectivity index (χ3n) is 5.35. The van der Waals surface area contributed by atoms with Crippen molar-refractivity contribution in [3.63, 3.8) is 0 Å². The lowest BCUT2D eigenvalue weighted by atomic mass is 10.0. The monoisotopic (exact) mass is 448 g/mol. The van der Waals surface area contributed by atoms with Crippen molar-refractivity contribution in [2.75, 3.05) is 39.4 Å². The van der Waals surface area contributed by atoms with Gasteiger partial charge in [-0.25, -0.2) is 0 Å². The Morgan fingerprint density at radius 3 is 2.71 bits per heavy atom. The van der Waals surface area contributed by atoms with Crippen LogP contribution in [-0.2, 0) is 11.3 Å². The average Bonchev–Trinajstić information content (AvgIpc) is 2.72. The maximum atomic E-state index is 5.37. The smallest absolute Gasteiger partial charge is 0.191 e. The van der Waals surface area contributed by atoms with Crippen LogP contribution in [0.15, 0.2) is 45.4 Å². The van der Waals surface area contributed by atoms with Gasteiger partial charge in [-0.15, -0.1) is 0 Å². The molecule has 1 saturated heterocycles. The molecule has 0 aromatic heterocycles. The summed E-state index contributed by atoms with van der Waals surface area (Å²) in [6.07, 6.45) is 6.61. The van der Waals surface area contributed by atoms with Crippen LogP contribution in [0.4, 0.5) is 0 Å². The zero-order valence-corrected chi connectivity index (χ0v) is 18.5. The highest BCUT2D eigenvalue weighted by Gasteiger charge is 2.20. The van der Waals surface area contributed by atoms with Crippen LogP contribution >= 0.6 is 15.9 Å². The SMILES string of the molecule is CCNC(=NCCC1=CCOCC1)NC1CCN(Cc2ccc(Br)cc2)CC1. The first kappa shape index (κ1) is 21.3. The molecule has 154 valence electrons. The molecule has 2 N–H and O–H groups in total. The van der Waals surface area contributed by atoms with Crippen molar-refractivity contribution in [2.24, 2.45) is 4.99 Å². The predicted molar refractivity (Wildman–Crippen MR) is 120 cm³/mol. The molecule has 0 atom stereocenters. The summed E-state index contributed by atoms with van der Waals surface area (Å²) in [7, 11) is 0. The van der Waals surface area contributed by atoms with Crippen LogP contribution in [0.3, 0.4) is 0 Å². The number of ether oxygens (including phenoxy) is 1. The van der Waals surface area contributed by atoms with Gasteiger partial charge >= 0.3 is 0 Å². The maximum Gasteiger partial charge on any atom is 0.191 e. The van der Waals surface area contributed by atoms with Gasteiger partial charge in [0.2, 0.25) is 0 Å². The highest BCUT2D eigenvalue weighted by Crippen LogP contribution is 2.16. The van der Waals surface area contributed by atoms with Gasteiger partial charge in [0, 0.05) is 43.2 Å². The number of halogens is 1. The molecule has 2 aliphatic rings. The fourth-order valence-electron chi connectivity index (χ4n) is 3.70. The van der Waals surface area contributed by atoms with Crippen molar-refractivity contribution in [1.82, 2.24) is 15.5 Å². The molecule has 5 nitrogen and oxygen atoms in total. The van der Waals surface area contributed by atoms with Crippen LogP contribution < -0.4 is 10.6 Å². The van der Waals surface area contributed by atoms with Crippen molar-refractivity contribution in [3.05, 3.63) is 46.0 Å². The summed E-state index contributed by atoms with van der Waals surface area (Å²) in [5, 5.41) is 7.05. The van der Waals surface area contributed by atoms with Crippen LogP contribution in [0.1, 0.15) is 38.2 Å². The number of hydrogen-bond acceptors (Lipinski definition) is 3. The molecule has 28 heavy (non-hydrogen) atoms. The molecule has 0 bridgehead atoms. The second-order valence-corrected chi connectivity index (χ2v) is 8.43. The van der Waals surface area contributed by atoms with Gasteiger partial charge in [0.25, 0.3) is 0 Å². The molecule has 1 fully saturated rings. The van der Waals surface area contributed by atoms with Crippen LogP contribution in [0.5, 0.6) is 0 Å². The van der Waals surface area contributed by atoms with E-state index in [1.807, 2.05) is 0 Å². The van der Waals surface area contributed by atoms with Crippen LogP contribution in [0.25, 0.3) is 0 Å². The third-order valence-corrected chi connectivity index (χ3v) is 5.88. The molecule has 0 saturated carbocycles.